The number of ether oxygens (including phenoxy) is 2. The number of carbonyl (C=O) groups excluding carboxylic acids is 1. The lowest BCUT2D eigenvalue weighted by molar-refractivity contribution is -0.139. The second-order valence-electron chi connectivity index (χ2n) is 6.47. The molecular formula is C18H25NO5. The fourth-order valence-corrected chi connectivity index (χ4v) is 2.63. The van der Waals surface area contributed by atoms with Gasteiger partial charge in [-0.05, 0) is 43.4 Å². The molecule has 0 saturated carbocycles. The van der Waals surface area contributed by atoms with Crippen molar-refractivity contribution in [3.05, 3.63) is 29.8 Å². The van der Waals surface area contributed by atoms with Crippen molar-refractivity contribution in [3.8, 4) is 5.75 Å². The lowest BCUT2D eigenvalue weighted by Gasteiger charge is -2.17. The van der Waals surface area contributed by atoms with Gasteiger partial charge in [-0.3, -0.25) is 4.79 Å². The fraction of sp³-hybridized carbons (Fsp3) is 0.556. The maximum atomic E-state index is 12.3. The van der Waals surface area contributed by atoms with Gasteiger partial charge in [0.05, 0.1) is 6.10 Å². The third-order valence-corrected chi connectivity index (χ3v) is 3.87. The quantitative estimate of drug-likeness (QED) is 0.762. The highest BCUT2D eigenvalue weighted by molar-refractivity contribution is 5.96. The van der Waals surface area contributed by atoms with E-state index in [0.29, 0.717) is 24.3 Å². The number of aliphatic carboxylic acids is 1. The first-order valence-corrected chi connectivity index (χ1v) is 8.34. The smallest absolute Gasteiger partial charge is 0.326 e. The number of carbonyl (C=O) groups is 2. The van der Waals surface area contributed by atoms with E-state index in [1.807, 2.05) is 13.8 Å². The average Bonchev–Trinajstić information content (AvgIpc) is 3.05. The summed E-state index contributed by atoms with van der Waals surface area (Å²) in [4.78, 5) is 23.6. The Bertz CT molecular complexity index is 566. The molecule has 2 rings (SSSR count). The first kappa shape index (κ1) is 18.3. The topological polar surface area (TPSA) is 84.9 Å². The largest absolute Gasteiger partial charge is 0.491 e. The highest BCUT2D eigenvalue weighted by atomic mass is 16.5. The van der Waals surface area contributed by atoms with Crippen molar-refractivity contribution >= 4 is 11.9 Å². The zero-order valence-electron chi connectivity index (χ0n) is 14.2. The van der Waals surface area contributed by atoms with Gasteiger partial charge in [-0.15, -0.1) is 0 Å². The van der Waals surface area contributed by atoms with Crippen molar-refractivity contribution < 1.29 is 24.2 Å². The van der Waals surface area contributed by atoms with Gasteiger partial charge >= 0.3 is 5.97 Å². The van der Waals surface area contributed by atoms with Crippen LogP contribution in [0.1, 0.15) is 43.5 Å². The molecule has 2 atom stereocenters. The molecule has 6 nitrogen and oxygen atoms in total. The van der Waals surface area contributed by atoms with Gasteiger partial charge in [0.25, 0.3) is 5.91 Å². The molecule has 1 aliphatic heterocycles. The maximum Gasteiger partial charge on any atom is 0.326 e. The second-order valence-corrected chi connectivity index (χ2v) is 6.47. The Kier molecular flexibility index (Phi) is 6.61. The summed E-state index contributed by atoms with van der Waals surface area (Å²) < 4.78 is 11.2. The van der Waals surface area contributed by atoms with Crippen molar-refractivity contribution in [1.82, 2.24) is 5.32 Å². The minimum atomic E-state index is -1.03. The summed E-state index contributed by atoms with van der Waals surface area (Å²) >= 11 is 0. The monoisotopic (exact) mass is 335 g/mol. The van der Waals surface area contributed by atoms with Crippen molar-refractivity contribution in [3.63, 3.8) is 0 Å². The van der Waals surface area contributed by atoms with Crippen molar-refractivity contribution in [2.24, 2.45) is 5.92 Å². The zero-order chi connectivity index (χ0) is 17.5. The lowest BCUT2D eigenvalue weighted by Crippen LogP contribution is -2.41. The Morgan fingerprint density at radius 3 is 2.83 bits per heavy atom. The molecule has 1 aromatic carbocycles. The van der Waals surface area contributed by atoms with E-state index in [9.17, 15) is 14.7 Å². The van der Waals surface area contributed by atoms with Gasteiger partial charge in [-0.25, -0.2) is 4.79 Å². The number of benzene rings is 1. The number of carboxylic acids is 1. The van der Waals surface area contributed by atoms with Crippen molar-refractivity contribution in [1.29, 1.82) is 0 Å². The summed E-state index contributed by atoms with van der Waals surface area (Å²) in [5.74, 6) is -0.685. The van der Waals surface area contributed by atoms with E-state index in [1.54, 1.807) is 24.3 Å². The number of hydrogen-bond donors (Lipinski definition) is 2. The van der Waals surface area contributed by atoms with Crippen molar-refractivity contribution in [2.75, 3.05) is 13.2 Å². The molecule has 1 heterocycles. The summed E-state index contributed by atoms with van der Waals surface area (Å²) in [6.45, 7) is 5.06. The number of rotatable bonds is 8. The third kappa shape index (κ3) is 5.53. The molecule has 0 aliphatic carbocycles. The molecule has 1 unspecified atom stereocenters. The third-order valence-electron chi connectivity index (χ3n) is 3.87. The van der Waals surface area contributed by atoms with E-state index in [4.69, 9.17) is 9.47 Å². The maximum absolute atomic E-state index is 12.3. The summed E-state index contributed by atoms with van der Waals surface area (Å²) in [5.41, 5.74) is 0.384. The Balaban J connectivity index is 1.95. The SMILES string of the molecule is CC(C)C[C@@H](NC(=O)c1cccc(OCC2CCCO2)c1)C(=O)O. The Morgan fingerprint density at radius 2 is 2.21 bits per heavy atom. The molecule has 0 spiro atoms. The standard InChI is InChI=1S/C18H25NO5/c1-12(2)9-16(18(21)22)19-17(20)13-5-3-6-14(10-13)24-11-15-7-4-8-23-15/h3,5-6,10,12,15-16H,4,7-9,11H2,1-2H3,(H,19,20)(H,21,22)/t15?,16-/m1/s1. The van der Waals surface area contributed by atoms with E-state index in [0.717, 1.165) is 19.4 Å². The summed E-state index contributed by atoms with van der Waals surface area (Å²) in [5, 5.41) is 11.8. The molecule has 1 aromatic rings. The molecule has 1 fully saturated rings. The van der Waals surface area contributed by atoms with Crippen LogP contribution < -0.4 is 10.1 Å². The predicted molar refractivity (Wildman–Crippen MR) is 89.3 cm³/mol. The Hall–Kier alpha value is -2.08. The number of carboxylic acid groups (broad SMARTS) is 1. The van der Waals surface area contributed by atoms with Gasteiger partial charge in [0.1, 0.15) is 18.4 Å². The molecule has 1 amide bonds. The number of nitrogens with one attached hydrogen (secondary N) is 1. The van der Waals surface area contributed by atoms with E-state index in [-0.39, 0.29) is 12.0 Å². The highest BCUT2D eigenvalue weighted by Gasteiger charge is 2.22. The lowest BCUT2D eigenvalue weighted by atomic mass is 10.0. The van der Waals surface area contributed by atoms with E-state index in [1.165, 1.54) is 0 Å². The normalized spacial score (nSPS) is 18.4. The van der Waals surface area contributed by atoms with Crippen LogP contribution in [0.25, 0.3) is 0 Å². The molecule has 1 aliphatic rings. The van der Waals surface area contributed by atoms with Crippen LogP contribution in [0.4, 0.5) is 0 Å². The van der Waals surface area contributed by atoms with Crippen LogP contribution in [-0.2, 0) is 9.53 Å². The predicted octanol–water partition coefficient (Wildman–Crippen LogP) is 2.47. The molecule has 1 saturated heterocycles. The van der Waals surface area contributed by atoms with Gasteiger partial charge in [-0.2, -0.15) is 0 Å². The van der Waals surface area contributed by atoms with E-state index < -0.39 is 17.9 Å². The van der Waals surface area contributed by atoms with Crippen LogP contribution in [0.2, 0.25) is 0 Å². The molecule has 24 heavy (non-hydrogen) atoms. The second kappa shape index (κ2) is 8.68. The van der Waals surface area contributed by atoms with Gasteiger partial charge < -0.3 is 19.9 Å². The van der Waals surface area contributed by atoms with Gasteiger partial charge in [0.15, 0.2) is 0 Å². The molecule has 132 valence electrons. The van der Waals surface area contributed by atoms with Crippen LogP contribution in [0, 0.1) is 5.92 Å². The Morgan fingerprint density at radius 1 is 1.42 bits per heavy atom. The van der Waals surface area contributed by atoms with Crippen molar-refractivity contribution in [2.45, 2.75) is 45.3 Å². The minimum absolute atomic E-state index is 0.102. The average molecular weight is 335 g/mol. The molecular weight excluding hydrogens is 310 g/mol. The summed E-state index contributed by atoms with van der Waals surface area (Å²) in [6.07, 6.45) is 2.51. The Labute approximate surface area is 142 Å². The van der Waals surface area contributed by atoms with E-state index >= 15 is 0 Å². The number of amides is 1. The molecule has 0 bridgehead atoms. The van der Waals surface area contributed by atoms with Crippen LogP contribution in [0.5, 0.6) is 5.75 Å². The van der Waals surface area contributed by atoms with Crippen LogP contribution in [-0.4, -0.2) is 42.3 Å². The van der Waals surface area contributed by atoms with Crippen LogP contribution in [0.3, 0.4) is 0 Å². The fourth-order valence-electron chi connectivity index (χ4n) is 2.63. The van der Waals surface area contributed by atoms with Gasteiger partial charge in [-0.1, -0.05) is 19.9 Å². The molecule has 0 radical (unpaired) electrons. The zero-order valence-corrected chi connectivity index (χ0v) is 14.2. The van der Waals surface area contributed by atoms with Gasteiger partial charge in [0.2, 0.25) is 0 Å². The number of hydrogen-bond acceptors (Lipinski definition) is 4. The first-order valence-electron chi connectivity index (χ1n) is 8.34. The van der Waals surface area contributed by atoms with Crippen LogP contribution in [0.15, 0.2) is 24.3 Å². The molecule has 0 aromatic heterocycles. The minimum Gasteiger partial charge on any atom is -0.491 e. The van der Waals surface area contributed by atoms with E-state index in [2.05, 4.69) is 5.32 Å². The first-order chi connectivity index (χ1) is 11.5. The highest BCUT2D eigenvalue weighted by Crippen LogP contribution is 2.17. The summed E-state index contributed by atoms with van der Waals surface area (Å²) in [6, 6.07) is 5.86. The summed E-state index contributed by atoms with van der Waals surface area (Å²) in [7, 11) is 0. The molecule has 2 N–H and O–H groups in total. The molecule has 6 heteroatoms. The van der Waals surface area contributed by atoms with Crippen LogP contribution >= 0.6 is 0 Å². The van der Waals surface area contributed by atoms with Gasteiger partial charge in [0, 0.05) is 12.2 Å².